The summed E-state index contributed by atoms with van der Waals surface area (Å²) >= 11 is 0. The quantitative estimate of drug-likeness (QED) is 0.769. The van der Waals surface area contributed by atoms with Crippen LogP contribution in [-0.4, -0.2) is 37.5 Å². The molecule has 1 N–H and O–H groups in total. The molecule has 0 radical (unpaired) electrons. The molecule has 2 heterocycles. The van der Waals surface area contributed by atoms with Gasteiger partial charge in [-0.3, -0.25) is 9.59 Å². The lowest BCUT2D eigenvalue weighted by Crippen LogP contribution is -2.56. The highest BCUT2D eigenvalue weighted by Gasteiger charge is 2.43. The molecule has 30 heavy (non-hydrogen) atoms. The van der Waals surface area contributed by atoms with E-state index >= 15 is 0 Å². The molecule has 2 saturated heterocycles. The Balaban J connectivity index is 1.53. The predicted molar refractivity (Wildman–Crippen MR) is 112 cm³/mol. The van der Waals surface area contributed by atoms with Gasteiger partial charge in [0.25, 0.3) is 5.91 Å². The molecule has 2 aromatic carbocycles. The van der Waals surface area contributed by atoms with E-state index in [0.717, 1.165) is 30.6 Å². The van der Waals surface area contributed by atoms with E-state index in [1.165, 1.54) is 24.3 Å². The maximum absolute atomic E-state index is 13.1. The molecule has 2 aliphatic rings. The Kier molecular flexibility index (Phi) is 5.63. The van der Waals surface area contributed by atoms with Crippen molar-refractivity contribution in [3.05, 3.63) is 59.9 Å². The summed E-state index contributed by atoms with van der Waals surface area (Å²) in [5.41, 5.74) is 1.98. The number of quaternary nitrogens is 1. The summed E-state index contributed by atoms with van der Waals surface area (Å²) in [6, 6.07) is 12.8. The SMILES string of the molecule is O=C(NC[N+]1(c2ccc(N3CCCCC3=O)cc2)CCCC1=O)c1ccc(F)cc1. The van der Waals surface area contributed by atoms with Crippen LogP contribution in [0.2, 0.25) is 0 Å². The molecule has 0 saturated carbocycles. The van der Waals surface area contributed by atoms with Crippen LogP contribution in [0, 0.1) is 5.82 Å². The van der Waals surface area contributed by atoms with Gasteiger partial charge in [0.05, 0.1) is 13.0 Å². The number of amides is 3. The Morgan fingerprint density at radius 1 is 0.967 bits per heavy atom. The first-order chi connectivity index (χ1) is 14.5. The average molecular weight is 410 g/mol. The van der Waals surface area contributed by atoms with Crippen LogP contribution in [0.25, 0.3) is 0 Å². The summed E-state index contributed by atoms with van der Waals surface area (Å²) in [6.45, 7) is 1.45. The zero-order valence-corrected chi connectivity index (χ0v) is 16.8. The van der Waals surface area contributed by atoms with Crippen LogP contribution in [0.1, 0.15) is 42.5 Å². The molecule has 156 valence electrons. The number of piperidine rings is 1. The van der Waals surface area contributed by atoms with Crippen molar-refractivity contribution in [3.8, 4) is 0 Å². The fourth-order valence-corrected chi connectivity index (χ4v) is 4.28. The summed E-state index contributed by atoms with van der Waals surface area (Å²) in [5, 5.41) is 2.84. The molecular formula is C23H25FN3O3+. The largest absolute Gasteiger partial charge is 0.320 e. The summed E-state index contributed by atoms with van der Waals surface area (Å²) in [6.07, 6.45) is 3.68. The monoisotopic (exact) mass is 410 g/mol. The van der Waals surface area contributed by atoms with Gasteiger partial charge in [0.1, 0.15) is 11.5 Å². The number of carbonyl (C=O) groups is 3. The van der Waals surface area contributed by atoms with E-state index in [2.05, 4.69) is 5.32 Å². The van der Waals surface area contributed by atoms with Gasteiger partial charge < -0.3 is 10.2 Å². The third kappa shape index (κ3) is 3.85. The number of nitrogens with zero attached hydrogens (tertiary/aromatic N) is 2. The molecule has 0 aromatic heterocycles. The first-order valence-electron chi connectivity index (χ1n) is 10.3. The lowest BCUT2D eigenvalue weighted by Gasteiger charge is -2.32. The van der Waals surface area contributed by atoms with Crippen LogP contribution in [0.4, 0.5) is 15.8 Å². The van der Waals surface area contributed by atoms with Crippen molar-refractivity contribution in [1.82, 2.24) is 9.80 Å². The molecule has 1 unspecified atom stereocenters. The van der Waals surface area contributed by atoms with E-state index in [1.54, 1.807) is 4.90 Å². The Morgan fingerprint density at radius 2 is 1.70 bits per heavy atom. The van der Waals surface area contributed by atoms with Crippen molar-refractivity contribution in [2.45, 2.75) is 32.1 Å². The minimum Gasteiger partial charge on any atom is -0.312 e. The highest BCUT2D eigenvalue weighted by molar-refractivity contribution is 5.96. The number of likely N-dealkylation sites (tertiary alicyclic amines) is 1. The van der Waals surface area contributed by atoms with Crippen LogP contribution in [0.3, 0.4) is 0 Å². The first kappa shape index (κ1) is 20.2. The third-order valence-electron chi connectivity index (χ3n) is 6.00. The highest BCUT2D eigenvalue weighted by Crippen LogP contribution is 2.32. The number of hydrogen-bond donors (Lipinski definition) is 1. The molecule has 7 heteroatoms. The van der Waals surface area contributed by atoms with Crippen LogP contribution in [0.15, 0.2) is 48.5 Å². The molecule has 0 aliphatic carbocycles. The van der Waals surface area contributed by atoms with Gasteiger partial charge >= 0.3 is 5.91 Å². The molecular weight excluding hydrogens is 385 g/mol. The van der Waals surface area contributed by atoms with Crippen molar-refractivity contribution in [2.24, 2.45) is 0 Å². The van der Waals surface area contributed by atoms with Gasteiger partial charge in [-0.2, -0.15) is 0 Å². The van der Waals surface area contributed by atoms with Crippen molar-refractivity contribution in [2.75, 3.05) is 24.7 Å². The molecule has 1 atom stereocenters. The van der Waals surface area contributed by atoms with Gasteiger partial charge in [0.15, 0.2) is 6.67 Å². The molecule has 4 rings (SSSR count). The molecule has 2 aliphatic heterocycles. The Labute approximate surface area is 174 Å². The smallest absolute Gasteiger partial charge is 0.312 e. The van der Waals surface area contributed by atoms with Crippen molar-refractivity contribution in [3.63, 3.8) is 0 Å². The molecule has 0 bridgehead atoms. The fraction of sp³-hybridized carbons (Fsp3) is 0.348. The normalized spacial score (nSPS) is 21.7. The molecule has 6 nitrogen and oxygen atoms in total. The first-order valence-corrected chi connectivity index (χ1v) is 10.3. The Hall–Kier alpha value is -3.06. The predicted octanol–water partition coefficient (Wildman–Crippen LogP) is 3.36. The second-order valence-electron chi connectivity index (χ2n) is 7.88. The number of nitrogens with one attached hydrogen (secondary N) is 1. The van der Waals surface area contributed by atoms with E-state index in [1.807, 2.05) is 24.3 Å². The zero-order chi connectivity index (χ0) is 21.1. The van der Waals surface area contributed by atoms with Gasteiger partial charge in [-0.1, -0.05) is 0 Å². The lowest BCUT2D eigenvalue weighted by atomic mass is 10.1. The minimum atomic E-state index is -0.406. The van der Waals surface area contributed by atoms with Crippen LogP contribution in [-0.2, 0) is 9.59 Å². The van der Waals surface area contributed by atoms with E-state index in [0.29, 0.717) is 31.5 Å². The van der Waals surface area contributed by atoms with Crippen LogP contribution < -0.4 is 14.7 Å². The summed E-state index contributed by atoms with van der Waals surface area (Å²) in [5.74, 6) is -0.572. The van der Waals surface area contributed by atoms with Gasteiger partial charge in [0.2, 0.25) is 5.91 Å². The highest BCUT2D eigenvalue weighted by atomic mass is 19.1. The Morgan fingerprint density at radius 3 is 2.33 bits per heavy atom. The maximum Gasteiger partial charge on any atom is 0.320 e. The molecule has 2 aromatic rings. The number of carbonyl (C=O) groups excluding carboxylic acids is 3. The third-order valence-corrected chi connectivity index (χ3v) is 6.00. The fourth-order valence-electron chi connectivity index (χ4n) is 4.28. The van der Waals surface area contributed by atoms with Crippen molar-refractivity contribution < 1.29 is 18.8 Å². The summed E-state index contributed by atoms with van der Waals surface area (Å²) in [7, 11) is 0. The zero-order valence-electron chi connectivity index (χ0n) is 16.8. The van der Waals surface area contributed by atoms with E-state index < -0.39 is 5.82 Å². The van der Waals surface area contributed by atoms with Gasteiger partial charge in [0, 0.05) is 42.8 Å². The molecule has 2 fully saturated rings. The average Bonchev–Trinajstić information content (AvgIpc) is 3.14. The number of anilines is 1. The topological polar surface area (TPSA) is 66.5 Å². The van der Waals surface area contributed by atoms with E-state index in [4.69, 9.17) is 0 Å². The van der Waals surface area contributed by atoms with Gasteiger partial charge in [-0.05, 0) is 49.2 Å². The van der Waals surface area contributed by atoms with Gasteiger partial charge in [-0.25, -0.2) is 13.7 Å². The van der Waals surface area contributed by atoms with Crippen LogP contribution >= 0.6 is 0 Å². The number of benzene rings is 2. The molecule has 0 spiro atoms. The minimum absolute atomic E-state index is 0.0428. The summed E-state index contributed by atoms with van der Waals surface area (Å²) < 4.78 is 13.1. The van der Waals surface area contributed by atoms with Crippen molar-refractivity contribution >= 4 is 29.1 Å². The number of halogens is 1. The number of hydrogen-bond acceptors (Lipinski definition) is 3. The van der Waals surface area contributed by atoms with Crippen LogP contribution in [0.5, 0.6) is 0 Å². The van der Waals surface area contributed by atoms with Gasteiger partial charge in [-0.15, -0.1) is 0 Å². The van der Waals surface area contributed by atoms with E-state index in [-0.39, 0.29) is 28.9 Å². The standard InChI is InChI=1S/C23H24FN3O3/c24-18-8-6-17(7-9-18)23(30)25-16-27(15-3-5-22(27)29)20-12-10-19(11-13-20)26-14-2-1-4-21(26)28/h6-13H,1-5,14-16H2/p+1. The second-order valence-corrected chi connectivity index (χ2v) is 7.88. The molecule has 3 amide bonds. The van der Waals surface area contributed by atoms with Crippen molar-refractivity contribution in [1.29, 1.82) is 0 Å². The number of rotatable bonds is 5. The Bertz CT molecular complexity index is 959. The summed E-state index contributed by atoms with van der Waals surface area (Å²) in [4.78, 5) is 39.3. The maximum atomic E-state index is 13.1. The van der Waals surface area contributed by atoms with E-state index in [9.17, 15) is 18.8 Å². The lowest BCUT2D eigenvalue weighted by molar-refractivity contribution is -0.127. The second kappa shape index (κ2) is 8.36.